The molecule has 88 valence electrons. The van der Waals surface area contributed by atoms with Crippen LogP contribution in [0.25, 0.3) is 10.8 Å². The molecule has 0 saturated heterocycles. The first-order chi connectivity index (χ1) is 8.31. The minimum atomic E-state index is 0.992. The highest BCUT2D eigenvalue weighted by atomic mass is 15.1. The van der Waals surface area contributed by atoms with E-state index in [9.17, 15) is 0 Å². The summed E-state index contributed by atoms with van der Waals surface area (Å²) < 4.78 is 0. The molecule has 0 aliphatic heterocycles. The summed E-state index contributed by atoms with van der Waals surface area (Å²) in [5.41, 5.74) is 1.40. The molecule has 0 spiro atoms. The van der Waals surface area contributed by atoms with Crippen LogP contribution >= 0.6 is 0 Å². The minimum absolute atomic E-state index is 0.992. The fourth-order valence-corrected chi connectivity index (χ4v) is 2.07. The Morgan fingerprint density at radius 3 is 2.65 bits per heavy atom. The molecule has 2 rings (SSSR count). The summed E-state index contributed by atoms with van der Waals surface area (Å²) in [7, 11) is 2.15. The van der Waals surface area contributed by atoms with Crippen molar-refractivity contribution in [2.45, 2.75) is 13.5 Å². The van der Waals surface area contributed by atoms with Crippen LogP contribution in [0.5, 0.6) is 0 Å². The Morgan fingerprint density at radius 2 is 1.82 bits per heavy atom. The van der Waals surface area contributed by atoms with Gasteiger partial charge >= 0.3 is 0 Å². The molecule has 0 fully saturated rings. The number of benzene rings is 2. The van der Waals surface area contributed by atoms with E-state index in [0.29, 0.717) is 0 Å². The maximum Gasteiger partial charge on any atom is 0.0240 e. The van der Waals surface area contributed by atoms with Gasteiger partial charge in [-0.25, -0.2) is 0 Å². The molecule has 0 bridgehead atoms. The molecule has 1 heteroatoms. The Balaban J connectivity index is 2.23. The van der Waals surface area contributed by atoms with E-state index in [1.54, 1.807) is 0 Å². The normalized spacial score (nSPS) is 11.7. The molecule has 0 heterocycles. The zero-order valence-corrected chi connectivity index (χ0v) is 10.6. The second-order valence-electron chi connectivity index (χ2n) is 4.40. The van der Waals surface area contributed by atoms with Crippen molar-refractivity contribution in [2.24, 2.45) is 0 Å². The monoisotopic (exact) mass is 225 g/mol. The first-order valence-electron chi connectivity index (χ1n) is 6.07. The van der Waals surface area contributed by atoms with Gasteiger partial charge in [-0.3, -0.25) is 4.90 Å². The van der Waals surface area contributed by atoms with E-state index in [2.05, 4.69) is 73.5 Å². The fourth-order valence-electron chi connectivity index (χ4n) is 2.07. The lowest BCUT2D eigenvalue weighted by atomic mass is 10.0. The predicted molar refractivity (Wildman–Crippen MR) is 75.1 cm³/mol. The van der Waals surface area contributed by atoms with Gasteiger partial charge in [-0.1, -0.05) is 54.6 Å². The number of hydrogen-bond acceptors (Lipinski definition) is 1. The molecule has 17 heavy (non-hydrogen) atoms. The van der Waals surface area contributed by atoms with E-state index in [1.807, 2.05) is 0 Å². The molecular weight excluding hydrogens is 206 g/mol. The number of rotatable bonds is 4. The number of nitrogens with zero attached hydrogens (tertiary/aromatic N) is 1. The van der Waals surface area contributed by atoms with Crippen molar-refractivity contribution in [1.29, 1.82) is 0 Å². The van der Waals surface area contributed by atoms with Crippen LogP contribution in [-0.4, -0.2) is 18.5 Å². The molecular formula is C16H19N. The van der Waals surface area contributed by atoms with E-state index in [4.69, 9.17) is 0 Å². The van der Waals surface area contributed by atoms with Crippen LogP contribution in [-0.2, 0) is 6.54 Å². The molecule has 0 N–H and O–H groups in total. The van der Waals surface area contributed by atoms with Gasteiger partial charge in [-0.15, -0.1) is 0 Å². The number of likely N-dealkylation sites (N-methyl/N-ethyl adjacent to an activating group) is 1. The van der Waals surface area contributed by atoms with Crippen LogP contribution in [0.1, 0.15) is 12.5 Å². The summed E-state index contributed by atoms with van der Waals surface area (Å²) in [4.78, 5) is 2.32. The predicted octanol–water partition coefficient (Wildman–Crippen LogP) is 3.85. The minimum Gasteiger partial charge on any atom is -0.298 e. The van der Waals surface area contributed by atoms with Crippen molar-refractivity contribution >= 4 is 10.8 Å². The van der Waals surface area contributed by atoms with Gasteiger partial charge in [-0.2, -0.15) is 0 Å². The standard InChI is InChI=1S/C16H19N/c1-3-4-12-17(2)13-15-10-7-9-14-8-5-6-11-16(14)15/h3-11H,12-13H2,1-2H3/b4-3+. The number of fused-ring (bicyclic) bond motifs is 1. The number of hydrogen-bond donors (Lipinski definition) is 0. The highest BCUT2D eigenvalue weighted by Crippen LogP contribution is 2.19. The molecule has 2 aromatic carbocycles. The maximum atomic E-state index is 2.32. The second-order valence-corrected chi connectivity index (χ2v) is 4.40. The zero-order chi connectivity index (χ0) is 12.1. The van der Waals surface area contributed by atoms with Crippen molar-refractivity contribution < 1.29 is 0 Å². The lowest BCUT2D eigenvalue weighted by Gasteiger charge is -2.16. The van der Waals surface area contributed by atoms with Gasteiger partial charge in [0.2, 0.25) is 0 Å². The Hall–Kier alpha value is -1.60. The van der Waals surface area contributed by atoms with E-state index in [0.717, 1.165) is 13.1 Å². The maximum absolute atomic E-state index is 2.32. The quantitative estimate of drug-likeness (QED) is 0.714. The van der Waals surface area contributed by atoms with Crippen LogP contribution in [0.2, 0.25) is 0 Å². The van der Waals surface area contributed by atoms with Gasteiger partial charge < -0.3 is 0 Å². The largest absolute Gasteiger partial charge is 0.298 e. The van der Waals surface area contributed by atoms with Crippen LogP contribution in [0.15, 0.2) is 54.6 Å². The van der Waals surface area contributed by atoms with Crippen molar-refractivity contribution in [3.63, 3.8) is 0 Å². The Bertz CT molecular complexity index is 508. The zero-order valence-electron chi connectivity index (χ0n) is 10.6. The number of allylic oxidation sites excluding steroid dienone is 1. The van der Waals surface area contributed by atoms with Crippen LogP contribution in [0, 0.1) is 0 Å². The van der Waals surface area contributed by atoms with Gasteiger partial charge in [0, 0.05) is 13.1 Å². The molecule has 2 aromatic rings. The second kappa shape index (κ2) is 5.65. The van der Waals surface area contributed by atoms with Crippen molar-refractivity contribution in [2.75, 3.05) is 13.6 Å². The smallest absolute Gasteiger partial charge is 0.0240 e. The molecule has 0 unspecified atom stereocenters. The van der Waals surface area contributed by atoms with E-state index in [-0.39, 0.29) is 0 Å². The summed E-state index contributed by atoms with van der Waals surface area (Å²) in [6, 6.07) is 15.1. The van der Waals surface area contributed by atoms with Gasteiger partial charge in [0.05, 0.1) is 0 Å². The summed E-state index contributed by atoms with van der Waals surface area (Å²) in [6.45, 7) is 4.05. The summed E-state index contributed by atoms with van der Waals surface area (Å²) in [5.74, 6) is 0. The lowest BCUT2D eigenvalue weighted by Crippen LogP contribution is -2.17. The average molecular weight is 225 g/mol. The molecule has 0 aromatic heterocycles. The van der Waals surface area contributed by atoms with Crippen LogP contribution < -0.4 is 0 Å². The molecule has 0 aliphatic carbocycles. The van der Waals surface area contributed by atoms with Crippen LogP contribution in [0.4, 0.5) is 0 Å². The van der Waals surface area contributed by atoms with Gasteiger partial charge in [0.1, 0.15) is 0 Å². The van der Waals surface area contributed by atoms with Gasteiger partial charge in [-0.05, 0) is 30.3 Å². The van der Waals surface area contributed by atoms with Crippen molar-refractivity contribution in [3.05, 3.63) is 60.2 Å². The van der Waals surface area contributed by atoms with E-state index in [1.165, 1.54) is 16.3 Å². The molecule has 0 amide bonds. The summed E-state index contributed by atoms with van der Waals surface area (Å²) in [6.07, 6.45) is 4.28. The Morgan fingerprint density at radius 1 is 1.06 bits per heavy atom. The molecule has 0 aliphatic rings. The Kier molecular flexibility index (Phi) is 3.94. The van der Waals surface area contributed by atoms with E-state index >= 15 is 0 Å². The topological polar surface area (TPSA) is 3.24 Å². The van der Waals surface area contributed by atoms with Crippen LogP contribution in [0.3, 0.4) is 0 Å². The highest BCUT2D eigenvalue weighted by molar-refractivity contribution is 5.85. The highest BCUT2D eigenvalue weighted by Gasteiger charge is 2.02. The SMILES string of the molecule is C/C=C/CN(C)Cc1cccc2ccccc12. The first-order valence-corrected chi connectivity index (χ1v) is 6.07. The molecule has 0 atom stereocenters. The third-order valence-electron chi connectivity index (χ3n) is 2.97. The fraction of sp³-hybridized carbons (Fsp3) is 0.250. The third-order valence-corrected chi connectivity index (χ3v) is 2.97. The molecule has 1 nitrogen and oxygen atoms in total. The first kappa shape index (κ1) is 11.9. The summed E-state index contributed by atoms with van der Waals surface area (Å²) >= 11 is 0. The third kappa shape index (κ3) is 2.95. The van der Waals surface area contributed by atoms with E-state index < -0.39 is 0 Å². The van der Waals surface area contributed by atoms with Crippen molar-refractivity contribution in [1.82, 2.24) is 4.90 Å². The summed E-state index contributed by atoms with van der Waals surface area (Å²) in [5, 5.41) is 2.69. The lowest BCUT2D eigenvalue weighted by molar-refractivity contribution is 0.364. The molecule has 0 radical (unpaired) electrons. The Labute approximate surface area is 103 Å². The molecule has 0 saturated carbocycles. The average Bonchev–Trinajstić information content (AvgIpc) is 2.37. The van der Waals surface area contributed by atoms with Crippen molar-refractivity contribution in [3.8, 4) is 0 Å². The van der Waals surface area contributed by atoms with Gasteiger partial charge in [0.25, 0.3) is 0 Å². The van der Waals surface area contributed by atoms with Gasteiger partial charge in [0.15, 0.2) is 0 Å².